The Labute approximate surface area is 112 Å². The number of benzene rings is 1. The molecule has 1 heterocycles. The first-order chi connectivity index (χ1) is 8.75. The molecule has 0 radical (unpaired) electrons. The molecule has 18 heavy (non-hydrogen) atoms. The lowest BCUT2D eigenvalue weighted by Crippen LogP contribution is -2.02. The third-order valence-corrected chi connectivity index (χ3v) is 3.28. The predicted octanol–water partition coefficient (Wildman–Crippen LogP) is 3.26. The molecule has 3 nitrogen and oxygen atoms in total. The molecule has 0 fully saturated rings. The summed E-state index contributed by atoms with van der Waals surface area (Å²) < 4.78 is 5.74. The molecule has 0 amide bonds. The fraction of sp³-hybridized carbons (Fsp3) is 0.286. The van der Waals surface area contributed by atoms with Crippen molar-refractivity contribution >= 4 is 11.8 Å². The Morgan fingerprint density at radius 2 is 1.94 bits per heavy atom. The van der Waals surface area contributed by atoms with Crippen molar-refractivity contribution in [3.05, 3.63) is 47.8 Å². The third kappa shape index (κ3) is 3.74. The van der Waals surface area contributed by atoms with E-state index in [1.165, 1.54) is 11.1 Å². The van der Waals surface area contributed by atoms with Gasteiger partial charge in [0.1, 0.15) is 5.75 Å². The van der Waals surface area contributed by atoms with E-state index in [1.54, 1.807) is 24.2 Å². The second kappa shape index (κ2) is 6.40. The molecule has 0 aliphatic carbocycles. The monoisotopic (exact) mass is 260 g/mol. The normalized spacial score (nSPS) is 10.3. The Kier molecular flexibility index (Phi) is 4.59. The van der Waals surface area contributed by atoms with Gasteiger partial charge in [0.2, 0.25) is 0 Å². The van der Waals surface area contributed by atoms with E-state index >= 15 is 0 Å². The van der Waals surface area contributed by atoms with Crippen molar-refractivity contribution in [2.24, 2.45) is 0 Å². The van der Waals surface area contributed by atoms with Crippen LogP contribution in [0.1, 0.15) is 11.1 Å². The molecule has 0 saturated heterocycles. The molecule has 0 atom stereocenters. The van der Waals surface area contributed by atoms with Crippen LogP contribution < -0.4 is 4.74 Å². The van der Waals surface area contributed by atoms with Crippen molar-refractivity contribution in [3.63, 3.8) is 0 Å². The van der Waals surface area contributed by atoms with Gasteiger partial charge in [-0.25, -0.2) is 9.97 Å². The first-order valence-electron chi connectivity index (χ1n) is 5.85. The van der Waals surface area contributed by atoms with Crippen LogP contribution in [0.4, 0.5) is 0 Å². The molecule has 1 aromatic carbocycles. The molecule has 0 saturated carbocycles. The number of hydrogen-bond acceptors (Lipinski definition) is 4. The lowest BCUT2D eigenvalue weighted by atomic mass is 10.1. The van der Waals surface area contributed by atoms with Crippen LogP contribution in [-0.4, -0.2) is 22.3 Å². The van der Waals surface area contributed by atoms with E-state index in [1.807, 2.05) is 12.1 Å². The van der Waals surface area contributed by atoms with Gasteiger partial charge < -0.3 is 4.74 Å². The van der Waals surface area contributed by atoms with Gasteiger partial charge in [-0.1, -0.05) is 29.5 Å². The zero-order chi connectivity index (χ0) is 12.8. The number of rotatable bonds is 5. The molecule has 0 spiro atoms. The van der Waals surface area contributed by atoms with E-state index in [-0.39, 0.29) is 0 Å². The minimum Gasteiger partial charge on any atom is -0.492 e. The molecule has 0 aliphatic rings. The molecule has 0 aliphatic heterocycles. The van der Waals surface area contributed by atoms with Gasteiger partial charge in [-0.15, -0.1) is 0 Å². The quantitative estimate of drug-likeness (QED) is 0.469. The SMILES string of the molecule is Cc1ccc(OCCSc2ncccn2)c(C)c1. The molecule has 4 heteroatoms. The van der Waals surface area contributed by atoms with Gasteiger partial charge in [0, 0.05) is 18.1 Å². The van der Waals surface area contributed by atoms with Crippen LogP contribution in [-0.2, 0) is 0 Å². The van der Waals surface area contributed by atoms with Gasteiger partial charge in [0.05, 0.1) is 6.61 Å². The largest absolute Gasteiger partial charge is 0.492 e. The first kappa shape index (κ1) is 12.9. The summed E-state index contributed by atoms with van der Waals surface area (Å²) in [5.74, 6) is 1.80. The van der Waals surface area contributed by atoms with Gasteiger partial charge >= 0.3 is 0 Å². The Bertz CT molecular complexity index is 502. The smallest absolute Gasteiger partial charge is 0.187 e. The average Bonchev–Trinajstić information content (AvgIpc) is 2.38. The van der Waals surface area contributed by atoms with Crippen LogP contribution in [0, 0.1) is 13.8 Å². The number of aromatic nitrogens is 2. The first-order valence-corrected chi connectivity index (χ1v) is 6.84. The highest BCUT2D eigenvalue weighted by Crippen LogP contribution is 2.19. The maximum atomic E-state index is 5.74. The molecule has 94 valence electrons. The lowest BCUT2D eigenvalue weighted by molar-refractivity contribution is 0.341. The zero-order valence-electron chi connectivity index (χ0n) is 10.6. The van der Waals surface area contributed by atoms with E-state index in [4.69, 9.17) is 4.74 Å². The van der Waals surface area contributed by atoms with E-state index in [0.717, 1.165) is 16.7 Å². The number of thioether (sulfide) groups is 1. The Morgan fingerprint density at radius 3 is 2.67 bits per heavy atom. The molecule has 1 aromatic heterocycles. The summed E-state index contributed by atoms with van der Waals surface area (Å²) in [4.78, 5) is 8.30. The highest BCUT2D eigenvalue weighted by molar-refractivity contribution is 7.99. The molecule has 2 aromatic rings. The standard InChI is InChI=1S/C14H16N2OS/c1-11-4-5-13(12(2)10-11)17-8-9-18-14-15-6-3-7-16-14/h3-7,10H,8-9H2,1-2H3. The van der Waals surface area contributed by atoms with Crippen LogP contribution in [0.25, 0.3) is 0 Å². The van der Waals surface area contributed by atoms with Crippen molar-refractivity contribution in [2.75, 3.05) is 12.4 Å². The van der Waals surface area contributed by atoms with E-state index in [0.29, 0.717) is 6.61 Å². The van der Waals surface area contributed by atoms with E-state index in [9.17, 15) is 0 Å². The van der Waals surface area contributed by atoms with E-state index < -0.39 is 0 Å². The van der Waals surface area contributed by atoms with Crippen molar-refractivity contribution in [1.29, 1.82) is 0 Å². The molecular weight excluding hydrogens is 244 g/mol. The van der Waals surface area contributed by atoms with Crippen molar-refractivity contribution in [1.82, 2.24) is 9.97 Å². The van der Waals surface area contributed by atoms with Crippen molar-refractivity contribution < 1.29 is 4.74 Å². The number of nitrogens with zero attached hydrogens (tertiary/aromatic N) is 2. The molecule has 0 N–H and O–H groups in total. The maximum absolute atomic E-state index is 5.74. The zero-order valence-corrected chi connectivity index (χ0v) is 11.4. The predicted molar refractivity (Wildman–Crippen MR) is 74.2 cm³/mol. The lowest BCUT2D eigenvalue weighted by Gasteiger charge is -2.09. The number of ether oxygens (including phenoxy) is 1. The van der Waals surface area contributed by atoms with Crippen LogP contribution >= 0.6 is 11.8 Å². The summed E-state index contributed by atoms with van der Waals surface area (Å²) in [6, 6.07) is 8.03. The summed E-state index contributed by atoms with van der Waals surface area (Å²) >= 11 is 1.60. The van der Waals surface area contributed by atoms with E-state index in [2.05, 4.69) is 35.9 Å². The van der Waals surface area contributed by atoms with Gasteiger partial charge in [0.15, 0.2) is 5.16 Å². The van der Waals surface area contributed by atoms with Crippen LogP contribution in [0.3, 0.4) is 0 Å². The van der Waals surface area contributed by atoms with Crippen LogP contribution in [0.15, 0.2) is 41.8 Å². The minimum absolute atomic E-state index is 0.660. The minimum atomic E-state index is 0.660. The number of aryl methyl sites for hydroxylation is 2. The Morgan fingerprint density at radius 1 is 1.17 bits per heavy atom. The second-order valence-corrected chi connectivity index (χ2v) is 5.06. The maximum Gasteiger partial charge on any atom is 0.187 e. The summed E-state index contributed by atoms with van der Waals surface area (Å²) in [6.45, 7) is 4.81. The highest BCUT2D eigenvalue weighted by atomic mass is 32.2. The Hall–Kier alpha value is -1.55. The molecule has 2 rings (SSSR count). The van der Waals surface area contributed by atoms with Gasteiger partial charge in [-0.2, -0.15) is 0 Å². The summed E-state index contributed by atoms with van der Waals surface area (Å²) in [5, 5.41) is 0.793. The average molecular weight is 260 g/mol. The summed E-state index contributed by atoms with van der Waals surface area (Å²) in [5.41, 5.74) is 2.43. The van der Waals surface area contributed by atoms with Gasteiger partial charge in [0.25, 0.3) is 0 Å². The fourth-order valence-electron chi connectivity index (χ4n) is 1.61. The third-order valence-electron chi connectivity index (χ3n) is 2.44. The number of hydrogen-bond donors (Lipinski definition) is 0. The van der Waals surface area contributed by atoms with Crippen molar-refractivity contribution in [2.45, 2.75) is 19.0 Å². The fourth-order valence-corrected chi connectivity index (χ4v) is 2.23. The summed E-state index contributed by atoms with van der Waals surface area (Å²) in [7, 11) is 0. The topological polar surface area (TPSA) is 35.0 Å². The summed E-state index contributed by atoms with van der Waals surface area (Å²) in [6.07, 6.45) is 3.50. The second-order valence-electron chi connectivity index (χ2n) is 4.00. The highest BCUT2D eigenvalue weighted by Gasteiger charge is 2.00. The molecule has 0 unspecified atom stereocenters. The van der Waals surface area contributed by atoms with Crippen molar-refractivity contribution in [3.8, 4) is 5.75 Å². The van der Waals surface area contributed by atoms with Crippen LogP contribution in [0.2, 0.25) is 0 Å². The van der Waals surface area contributed by atoms with Gasteiger partial charge in [-0.3, -0.25) is 0 Å². The van der Waals surface area contributed by atoms with Crippen LogP contribution in [0.5, 0.6) is 5.75 Å². The molecule has 0 bridgehead atoms. The van der Waals surface area contributed by atoms with Gasteiger partial charge in [-0.05, 0) is 31.5 Å². The Balaban J connectivity index is 1.79. The molecular formula is C14H16N2OS.